The van der Waals surface area contributed by atoms with Crippen LogP contribution in [0.4, 0.5) is 4.39 Å². The highest BCUT2D eigenvalue weighted by Crippen LogP contribution is 2.55. The molecule has 2 unspecified atom stereocenters. The fourth-order valence-electron chi connectivity index (χ4n) is 2.72. The number of aromatic nitrogens is 4. The van der Waals surface area contributed by atoms with Gasteiger partial charge in [-0.1, -0.05) is 11.6 Å². The molecular weight excluding hydrogens is 279 g/mol. The molecule has 0 N–H and O–H groups in total. The molecule has 0 amide bonds. The van der Waals surface area contributed by atoms with Crippen molar-refractivity contribution in [3.63, 3.8) is 0 Å². The SMILES string of the molecule is Fc1cnc2c(C3CC3c3ccncc3)cc(Cl)nn12. The molecule has 1 aliphatic carbocycles. The lowest BCUT2D eigenvalue weighted by atomic mass is 10.1. The normalized spacial score (nSPS) is 21.3. The minimum absolute atomic E-state index is 0.282. The van der Waals surface area contributed by atoms with Crippen molar-refractivity contribution in [3.8, 4) is 0 Å². The van der Waals surface area contributed by atoms with Gasteiger partial charge >= 0.3 is 0 Å². The predicted molar refractivity (Wildman–Crippen MR) is 72.3 cm³/mol. The van der Waals surface area contributed by atoms with Gasteiger partial charge in [0.25, 0.3) is 0 Å². The first-order chi connectivity index (χ1) is 9.74. The molecule has 3 aromatic heterocycles. The number of pyridine rings is 1. The van der Waals surface area contributed by atoms with Crippen molar-refractivity contribution in [3.05, 3.63) is 59.0 Å². The summed E-state index contributed by atoms with van der Waals surface area (Å²) in [6.45, 7) is 0. The average molecular weight is 289 g/mol. The Morgan fingerprint density at radius 1 is 1.25 bits per heavy atom. The lowest BCUT2D eigenvalue weighted by molar-refractivity contribution is 0.548. The molecule has 20 heavy (non-hydrogen) atoms. The van der Waals surface area contributed by atoms with E-state index in [9.17, 15) is 4.39 Å². The Morgan fingerprint density at radius 2 is 2.05 bits per heavy atom. The van der Waals surface area contributed by atoms with Crippen LogP contribution in [0.5, 0.6) is 0 Å². The highest BCUT2D eigenvalue weighted by Gasteiger charge is 2.41. The van der Waals surface area contributed by atoms with Crippen LogP contribution in [0.3, 0.4) is 0 Å². The van der Waals surface area contributed by atoms with Gasteiger partial charge in [0.15, 0.2) is 10.8 Å². The molecule has 4 nitrogen and oxygen atoms in total. The number of hydrogen-bond donors (Lipinski definition) is 0. The zero-order valence-corrected chi connectivity index (χ0v) is 11.1. The fourth-order valence-corrected chi connectivity index (χ4v) is 2.92. The lowest BCUT2D eigenvalue weighted by Crippen LogP contribution is -1.99. The van der Waals surface area contributed by atoms with Crippen LogP contribution in [0.25, 0.3) is 5.65 Å². The molecule has 2 atom stereocenters. The van der Waals surface area contributed by atoms with Crippen LogP contribution in [0, 0.1) is 5.95 Å². The smallest absolute Gasteiger partial charge is 0.234 e. The summed E-state index contributed by atoms with van der Waals surface area (Å²) < 4.78 is 14.7. The second-order valence-electron chi connectivity index (χ2n) is 4.97. The Balaban J connectivity index is 1.77. The van der Waals surface area contributed by atoms with Gasteiger partial charge in [-0.25, -0.2) is 4.98 Å². The zero-order valence-electron chi connectivity index (χ0n) is 10.4. The molecule has 0 aromatic carbocycles. The van der Waals surface area contributed by atoms with E-state index in [0.29, 0.717) is 17.5 Å². The number of imidazole rings is 1. The second kappa shape index (κ2) is 4.24. The summed E-state index contributed by atoms with van der Waals surface area (Å²) >= 11 is 5.98. The van der Waals surface area contributed by atoms with E-state index < -0.39 is 5.95 Å². The van der Waals surface area contributed by atoms with Crippen molar-refractivity contribution in [1.29, 1.82) is 0 Å². The Morgan fingerprint density at radius 3 is 2.85 bits per heavy atom. The first kappa shape index (κ1) is 11.8. The topological polar surface area (TPSA) is 43.1 Å². The van der Waals surface area contributed by atoms with Gasteiger partial charge in [0.05, 0.1) is 6.20 Å². The summed E-state index contributed by atoms with van der Waals surface area (Å²) in [7, 11) is 0. The highest BCUT2D eigenvalue weighted by molar-refractivity contribution is 6.29. The van der Waals surface area contributed by atoms with Crippen molar-refractivity contribution >= 4 is 17.2 Å². The Kier molecular flexibility index (Phi) is 2.50. The maximum absolute atomic E-state index is 13.6. The van der Waals surface area contributed by atoms with Crippen molar-refractivity contribution in [2.45, 2.75) is 18.3 Å². The molecule has 4 rings (SSSR count). The van der Waals surface area contributed by atoms with Crippen molar-refractivity contribution in [2.75, 3.05) is 0 Å². The van der Waals surface area contributed by atoms with Crippen LogP contribution in [0.2, 0.25) is 5.15 Å². The second-order valence-corrected chi connectivity index (χ2v) is 5.36. The molecule has 0 aliphatic heterocycles. The van der Waals surface area contributed by atoms with Gasteiger partial charge < -0.3 is 0 Å². The largest absolute Gasteiger partial charge is 0.265 e. The minimum Gasteiger partial charge on any atom is -0.265 e. The van der Waals surface area contributed by atoms with Crippen LogP contribution in [-0.2, 0) is 0 Å². The summed E-state index contributed by atoms with van der Waals surface area (Å²) in [6, 6.07) is 5.81. The number of hydrogen-bond acceptors (Lipinski definition) is 3. The standard InChI is InChI=1S/C14H10ClFN4/c15-12-6-11(14-18-7-13(16)20(14)19-12)10-5-9(10)8-1-3-17-4-2-8/h1-4,6-7,9-10H,5H2. The third-order valence-corrected chi connectivity index (χ3v) is 3.93. The Hall–Kier alpha value is -2.01. The van der Waals surface area contributed by atoms with Crippen molar-refractivity contribution in [2.24, 2.45) is 0 Å². The summed E-state index contributed by atoms with van der Waals surface area (Å²) in [5, 5.41) is 4.22. The molecule has 1 aliphatic rings. The van der Waals surface area contributed by atoms with E-state index >= 15 is 0 Å². The molecule has 0 saturated heterocycles. The van der Waals surface area contributed by atoms with Gasteiger partial charge in [-0.05, 0) is 42.0 Å². The third kappa shape index (κ3) is 1.78. The predicted octanol–water partition coefficient (Wildman–Crippen LogP) is 3.19. The lowest BCUT2D eigenvalue weighted by Gasteiger charge is -2.04. The van der Waals surface area contributed by atoms with E-state index in [-0.39, 0.29) is 5.15 Å². The zero-order chi connectivity index (χ0) is 13.7. The quantitative estimate of drug-likeness (QED) is 0.727. The van der Waals surface area contributed by atoms with E-state index in [4.69, 9.17) is 11.6 Å². The van der Waals surface area contributed by atoms with E-state index in [0.717, 1.165) is 12.0 Å². The summed E-state index contributed by atoms with van der Waals surface area (Å²) in [4.78, 5) is 8.13. The monoisotopic (exact) mass is 288 g/mol. The van der Waals surface area contributed by atoms with Crippen LogP contribution in [0.15, 0.2) is 36.8 Å². The third-order valence-electron chi connectivity index (χ3n) is 3.75. The molecule has 1 saturated carbocycles. The Bertz CT molecular complexity index is 786. The van der Waals surface area contributed by atoms with Crippen LogP contribution in [-0.4, -0.2) is 19.6 Å². The molecular formula is C14H10ClFN4. The van der Waals surface area contributed by atoms with E-state index in [1.54, 1.807) is 18.5 Å². The van der Waals surface area contributed by atoms with Crippen molar-refractivity contribution in [1.82, 2.24) is 19.6 Å². The van der Waals surface area contributed by atoms with Gasteiger partial charge in [-0.15, -0.1) is 0 Å². The highest BCUT2D eigenvalue weighted by atomic mass is 35.5. The summed E-state index contributed by atoms with van der Waals surface area (Å²) in [6.07, 6.45) is 5.75. The maximum atomic E-state index is 13.6. The fraction of sp³-hybridized carbons (Fsp3) is 0.214. The molecule has 3 heterocycles. The number of fused-ring (bicyclic) bond motifs is 1. The van der Waals surface area contributed by atoms with Crippen LogP contribution >= 0.6 is 11.6 Å². The van der Waals surface area contributed by atoms with Crippen LogP contribution < -0.4 is 0 Å². The molecule has 3 aromatic rings. The Labute approximate surface area is 119 Å². The van der Waals surface area contributed by atoms with Crippen molar-refractivity contribution < 1.29 is 4.39 Å². The minimum atomic E-state index is -0.495. The number of rotatable bonds is 2. The molecule has 100 valence electrons. The van der Waals surface area contributed by atoms with E-state index in [2.05, 4.69) is 15.1 Å². The summed E-state index contributed by atoms with van der Waals surface area (Å²) in [5.74, 6) is 0.229. The molecule has 0 radical (unpaired) electrons. The maximum Gasteiger partial charge on any atom is 0.234 e. The number of nitrogens with zero attached hydrogens (tertiary/aromatic N) is 4. The van der Waals surface area contributed by atoms with E-state index in [1.165, 1.54) is 16.3 Å². The van der Waals surface area contributed by atoms with E-state index in [1.807, 2.05) is 12.1 Å². The first-order valence-corrected chi connectivity index (χ1v) is 6.71. The van der Waals surface area contributed by atoms with Crippen LogP contribution in [0.1, 0.15) is 29.4 Å². The molecule has 1 fully saturated rings. The molecule has 0 spiro atoms. The number of halogens is 2. The van der Waals surface area contributed by atoms with Gasteiger partial charge in [0.2, 0.25) is 5.95 Å². The average Bonchev–Trinajstić information content (AvgIpc) is 3.18. The first-order valence-electron chi connectivity index (χ1n) is 6.33. The van der Waals surface area contributed by atoms with Gasteiger partial charge in [-0.3, -0.25) is 4.98 Å². The van der Waals surface area contributed by atoms with Gasteiger partial charge in [0.1, 0.15) is 0 Å². The molecule has 6 heteroatoms. The summed E-state index contributed by atoms with van der Waals surface area (Å²) in [5.41, 5.74) is 2.74. The van der Waals surface area contributed by atoms with Gasteiger partial charge in [0, 0.05) is 18.0 Å². The molecule has 0 bridgehead atoms. The van der Waals surface area contributed by atoms with Gasteiger partial charge in [-0.2, -0.15) is 14.0 Å².